The molecule has 0 spiro atoms. The lowest BCUT2D eigenvalue weighted by molar-refractivity contribution is 0.996. The van der Waals surface area contributed by atoms with Gasteiger partial charge in [-0.1, -0.05) is 29.3 Å². The van der Waals surface area contributed by atoms with Crippen LogP contribution in [0.4, 0.5) is 11.6 Å². The van der Waals surface area contributed by atoms with Crippen molar-refractivity contribution in [3.8, 4) is 0 Å². The molecular weight excluding hydrogens is 307 g/mol. The van der Waals surface area contributed by atoms with Gasteiger partial charge in [0, 0.05) is 28.7 Å². The fourth-order valence-electron chi connectivity index (χ4n) is 2.02. The highest BCUT2D eigenvalue weighted by Crippen LogP contribution is 2.24. The average molecular weight is 323 g/mol. The average Bonchev–Trinajstić information content (AvgIpc) is 3.26. The molecule has 1 saturated carbocycles. The Morgan fingerprint density at radius 2 is 1.90 bits per heavy atom. The first kappa shape index (κ1) is 14.4. The minimum absolute atomic E-state index is 0.584. The van der Waals surface area contributed by atoms with Gasteiger partial charge in [0.05, 0.1) is 0 Å². The van der Waals surface area contributed by atoms with E-state index < -0.39 is 0 Å². The van der Waals surface area contributed by atoms with E-state index >= 15 is 0 Å². The summed E-state index contributed by atoms with van der Waals surface area (Å²) in [5.74, 6) is 1.69. The van der Waals surface area contributed by atoms with Crippen LogP contribution in [0.15, 0.2) is 30.6 Å². The molecule has 21 heavy (non-hydrogen) atoms. The summed E-state index contributed by atoms with van der Waals surface area (Å²) in [6, 6.07) is 8.08. The number of nitrogens with one attached hydrogen (secondary N) is 2. The maximum absolute atomic E-state index is 6.15. The summed E-state index contributed by atoms with van der Waals surface area (Å²) < 4.78 is 0. The molecule has 0 aliphatic heterocycles. The van der Waals surface area contributed by atoms with Crippen LogP contribution in [-0.2, 0) is 6.42 Å². The first-order valence-corrected chi connectivity index (χ1v) is 7.73. The second kappa shape index (κ2) is 6.50. The van der Waals surface area contributed by atoms with Gasteiger partial charge in [0.2, 0.25) is 0 Å². The number of aromatic nitrogens is 2. The molecule has 4 nitrogen and oxygen atoms in total. The smallest absolute Gasteiger partial charge is 0.131 e. The molecular formula is C15H16Cl2N4. The van der Waals surface area contributed by atoms with E-state index in [1.54, 1.807) is 12.4 Å². The molecule has 0 unspecified atom stereocenters. The van der Waals surface area contributed by atoms with Gasteiger partial charge in [-0.3, -0.25) is 0 Å². The summed E-state index contributed by atoms with van der Waals surface area (Å²) in [6.45, 7) is 0.751. The van der Waals surface area contributed by atoms with Crippen molar-refractivity contribution in [3.63, 3.8) is 0 Å². The highest BCUT2D eigenvalue weighted by molar-refractivity contribution is 6.35. The molecule has 110 valence electrons. The molecule has 1 aliphatic rings. The SMILES string of the molecule is Clc1ccc(CCNc2cc(NC3CC3)ncn2)c(Cl)c1. The first-order valence-electron chi connectivity index (χ1n) is 6.97. The monoisotopic (exact) mass is 322 g/mol. The molecule has 2 aromatic rings. The van der Waals surface area contributed by atoms with Gasteiger partial charge < -0.3 is 10.6 Å². The summed E-state index contributed by atoms with van der Waals surface area (Å²) in [5.41, 5.74) is 1.07. The van der Waals surface area contributed by atoms with Crippen LogP contribution in [0.3, 0.4) is 0 Å². The van der Waals surface area contributed by atoms with Crippen LogP contribution in [0, 0.1) is 0 Å². The van der Waals surface area contributed by atoms with Gasteiger partial charge in [0.1, 0.15) is 18.0 Å². The van der Waals surface area contributed by atoms with E-state index in [1.807, 2.05) is 18.2 Å². The Hall–Kier alpha value is -1.52. The maximum atomic E-state index is 6.15. The number of halogens is 2. The van der Waals surface area contributed by atoms with Gasteiger partial charge in [-0.05, 0) is 37.0 Å². The van der Waals surface area contributed by atoms with Crippen molar-refractivity contribution >= 4 is 34.8 Å². The zero-order valence-corrected chi connectivity index (χ0v) is 13.0. The maximum Gasteiger partial charge on any atom is 0.131 e. The summed E-state index contributed by atoms with van der Waals surface area (Å²) in [7, 11) is 0. The molecule has 0 saturated heterocycles. The molecule has 1 heterocycles. The standard InChI is InChI=1S/C15H16Cl2N4/c16-11-2-1-10(13(17)7-11)5-6-18-14-8-15(20-9-19-14)21-12-3-4-12/h1-2,7-9,12H,3-6H2,(H2,18,19,20,21). The van der Waals surface area contributed by atoms with E-state index in [0.717, 1.165) is 30.2 Å². The molecule has 1 aromatic carbocycles. The quantitative estimate of drug-likeness (QED) is 0.843. The van der Waals surface area contributed by atoms with E-state index in [1.165, 1.54) is 12.8 Å². The lowest BCUT2D eigenvalue weighted by Gasteiger charge is -2.09. The molecule has 1 aromatic heterocycles. The van der Waals surface area contributed by atoms with Gasteiger partial charge in [-0.15, -0.1) is 0 Å². The van der Waals surface area contributed by atoms with Crippen LogP contribution in [0.25, 0.3) is 0 Å². The minimum atomic E-state index is 0.584. The van der Waals surface area contributed by atoms with Crippen LogP contribution < -0.4 is 10.6 Å². The van der Waals surface area contributed by atoms with Crippen molar-refractivity contribution in [3.05, 3.63) is 46.2 Å². The molecule has 0 amide bonds. The Kier molecular flexibility index (Phi) is 4.46. The van der Waals surface area contributed by atoms with Gasteiger partial charge in [0.25, 0.3) is 0 Å². The highest BCUT2D eigenvalue weighted by atomic mass is 35.5. The Morgan fingerprint density at radius 1 is 1.10 bits per heavy atom. The number of benzene rings is 1. The normalized spacial score (nSPS) is 14.0. The molecule has 0 atom stereocenters. The Morgan fingerprint density at radius 3 is 2.67 bits per heavy atom. The summed E-state index contributed by atoms with van der Waals surface area (Å²) in [4.78, 5) is 8.43. The molecule has 3 rings (SSSR count). The number of anilines is 2. The highest BCUT2D eigenvalue weighted by Gasteiger charge is 2.21. The molecule has 0 radical (unpaired) electrons. The largest absolute Gasteiger partial charge is 0.370 e. The topological polar surface area (TPSA) is 49.8 Å². The summed E-state index contributed by atoms with van der Waals surface area (Å²) in [6.07, 6.45) is 4.83. The minimum Gasteiger partial charge on any atom is -0.370 e. The number of hydrogen-bond acceptors (Lipinski definition) is 4. The van der Waals surface area contributed by atoms with Crippen molar-refractivity contribution in [2.45, 2.75) is 25.3 Å². The third-order valence-electron chi connectivity index (χ3n) is 3.31. The van der Waals surface area contributed by atoms with Crippen LogP contribution in [0.1, 0.15) is 18.4 Å². The molecule has 0 bridgehead atoms. The fraction of sp³-hybridized carbons (Fsp3) is 0.333. The number of rotatable bonds is 6. The van der Waals surface area contributed by atoms with Gasteiger partial charge in [-0.2, -0.15) is 0 Å². The number of nitrogens with zero attached hydrogens (tertiary/aromatic N) is 2. The fourth-order valence-corrected chi connectivity index (χ4v) is 2.52. The van der Waals surface area contributed by atoms with Crippen LogP contribution >= 0.6 is 23.2 Å². The second-order valence-corrected chi connectivity index (χ2v) is 5.96. The van der Waals surface area contributed by atoms with Crippen molar-refractivity contribution in [1.29, 1.82) is 0 Å². The van der Waals surface area contributed by atoms with Crippen molar-refractivity contribution in [2.24, 2.45) is 0 Å². The Labute approximate surface area is 133 Å². The van der Waals surface area contributed by atoms with E-state index in [4.69, 9.17) is 23.2 Å². The zero-order chi connectivity index (χ0) is 14.7. The summed E-state index contributed by atoms with van der Waals surface area (Å²) in [5, 5.41) is 7.99. The van der Waals surface area contributed by atoms with Gasteiger partial charge >= 0.3 is 0 Å². The predicted octanol–water partition coefficient (Wildman–Crippen LogP) is 4.01. The van der Waals surface area contributed by atoms with E-state index in [0.29, 0.717) is 16.1 Å². The Balaban J connectivity index is 1.54. The van der Waals surface area contributed by atoms with Crippen LogP contribution in [-0.4, -0.2) is 22.6 Å². The summed E-state index contributed by atoms with van der Waals surface area (Å²) >= 11 is 12.0. The lowest BCUT2D eigenvalue weighted by Crippen LogP contribution is -2.09. The van der Waals surface area contributed by atoms with Gasteiger partial charge in [-0.25, -0.2) is 9.97 Å². The zero-order valence-electron chi connectivity index (χ0n) is 11.4. The second-order valence-electron chi connectivity index (χ2n) is 5.12. The molecule has 1 fully saturated rings. The Bertz CT molecular complexity index is 629. The third-order valence-corrected chi connectivity index (χ3v) is 3.90. The van der Waals surface area contributed by atoms with Crippen LogP contribution in [0.2, 0.25) is 10.0 Å². The van der Waals surface area contributed by atoms with E-state index in [-0.39, 0.29) is 0 Å². The van der Waals surface area contributed by atoms with Crippen molar-refractivity contribution < 1.29 is 0 Å². The lowest BCUT2D eigenvalue weighted by atomic mass is 10.1. The van der Waals surface area contributed by atoms with Crippen molar-refractivity contribution in [2.75, 3.05) is 17.2 Å². The van der Waals surface area contributed by atoms with Crippen molar-refractivity contribution in [1.82, 2.24) is 9.97 Å². The number of hydrogen-bond donors (Lipinski definition) is 2. The molecule has 2 N–H and O–H groups in total. The van der Waals surface area contributed by atoms with Crippen LogP contribution in [0.5, 0.6) is 0 Å². The van der Waals surface area contributed by atoms with E-state index in [9.17, 15) is 0 Å². The van der Waals surface area contributed by atoms with E-state index in [2.05, 4.69) is 20.6 Å². The third kappa shape index (κ3) is 4.22. The predicted molar refractivity (Wildman–Crippen MR) is 87.3 cm³/mol. The molecule has 6 heteroatoms. The van der Waals surface area contributed by atoms with Gasteiger partial charge in [0.15, 0.2) is 0 Å². The first-order chi connectivity index (χ1) is 10.2. The molecule has 1 aliphatic carbocycles.